The minimum absolute atomic E-state index is 0.0606. The van der Waals surface area contributed by atoms with Crippen LogP contribution in [0.4, 0.5) is 9.59 Å². The summed E-state index contributed by atoms with van der Waals surface area (Å²) in [4.78, 5) is 42.6. The van der Waals surface area contributed by atoms with Gasteiger partial charge in [0.15, 0.2) is 5.60 Å². The molecule has 1 fully saturated rings. The van der Waals surface area contributed by atoms with E-state index in [1.807, 2.05) is 10.8 Å². The first-order chi connectivity index (χ1) is 15.2. The Morgan fingerprint density at radius 1 is 1.12 bits per heavy atom. The van der Waals surface area contributed by atoms with Crippen LogP contribution in [-0.2, 0) is 31.2 Å². The summed E-state index contributed by atoms with van der Waals surface area (Å²) in [6, 6.07) is 0. The van der Waals surface area contributed by atoms with Gasteiger partial charge in [-0.3, -0.25) is 4.79 Å². The summed E-state index contributed by atoms with van der Waals surface area (Å²) in [5, 5.41) is 0. The van der Waals surface area contributed by atoms with Crippen LogP contribution in [0, 0.1) is 5.92 Å². The van der Waals surface area contributed by atoms with Crippen molar-refractivity contribution in [2.75, 3.05) is 6.54 Å². The van der Waals surface area contributed by atoms with Crippen molar-refractivity contribution in [1.82, 2.24) is 14.5 Å². The van der Waals surface area contributed by atoms with Gasteiger partial charge >= 0.3 is 18.2 Å². The van der Waals surface area contributed by atoms with E-state index >= 15 is 0 Å². The number of nitrogens with zero attached hydrogens (tertiary/aromatic N) is 3. The maximum absolute atomic E-state index is 12.7. The van der Waals surface area contributed by atoms with Gasteiger partial charge in [-0.1, -0.05) is 6.92 Å². The molecule has 33 heavy (non-hydrogen) atoms. The number of carbonyl (C=O) groups excluding carboxylic acids is 3. The number of imide groups is 1. The molecule has 2 atom stereocenters. The van der Waals surface area contributed by atoms with Crippen LogP contribution >= 0.6 is 0 Å². The summed E-state index contributed by atoms with van der Waals surface area (Å²) in [6.07, 6.45) is 5.01. The van der Waals surface area contributed by atoms with Crippen LogP contribution in [0.25, 0.3) is 0 Å². The van der Waals surface area contributed by atoms with Crippen molar-refractivity contribution >= 4 is 18.2 Å². The molecule has 1 aromatic heterocycles. The summed E-state index contributed by atoms with van der Waals surface area (Å²) in [5.41, 5.74) is -1.48. The number of imidazole rings is 1. The van der Waals surface area contributed by atoms with Crippen molar-refractivity contribution in [1.29, 1.82) is 0 Å². The molecule has 1 saturated carbocycles. The van der Waals surface area contributed by atoms with Gasteiger partial charge in [0.1, 0.15) is 16.9 Å². The Kier molecular flexibility index (Phi) is 8.19. The Hall–Kier alpha value is -2.58. The van der Waals surface area contributed by atoms with Gasteiger partial charge in [-0.2, -0.15) is 0 Å². The highest BCUT2D eigenvalue weighted by Crippen LogP contribution is 2.57. The zero-order valence-corrected chi connectivity index (χ0v) is 21.3. The fraction of sp³-hybridized carbons (Fsp3) is 0.750. The van der Waals surface area contributed by atoms with E-state index in [1.165, 1.54) is 6.92 Å². The normalized spacial score (nSPS) is 20.2. The second kappa shape index (κ2) is 10.1. The van der Waals surface area contributed by atoms with Crippen LogP contribution in [0.1, 0.15) is 86.8 Å². The van der Waals surface area contributed by atoms with Crippen LogP contribution in [0.15, 0.2) is 12.5 Å². The second-order valence-corrected chi connectivity index (χ2v) is 10.6. The maximum Gasteiger partial charge on any atom is 0.419 e. The SMILES string of the molecule is CCCn1cnc(C2(OC(C)=O)CC2CCCN(C(=O)OC(C)(C)C)C(=O)OC(C)(C)C)c1. The average molecular weight is 466 g/mol. The minimum Gasteiger partial charge on any atom is -0.452 e. The van der Waals surface area contributed by atoms with Gasteiger partial charge < -0.3 is 18.8 Å². The maximum atomic E-state index is 12.7. The molecule has 0 aromatic carbocycles. The summed E-state index contributed by atoms with van der Waals surface area (Å²) >= 11 is 0. The molecule has 1 aromatic rings. The summed E-state index contributed by atoms with van der Waals surface area (Å²) < 4.78 is 18.5. The van der Waals surface area contributed by atoms with Crippen molar-refractivity contribution in [3.63, 3.8) is 0 Å². The molecule has 0 spiro atoms. The number of hydrogen-bond acceptors (Lipinski definition) is 7. The number of hydrogen-bond donors (Lipinski definition) is 0. The lowest BCUT2D eigenvalue weighted by molar-refractivity contribution is -0.150. The summed E-state index contributed by atoms with van der Waals surface area (Å²) in [6.45, 7) is 14.9. The Balaban J connectivity index is 2.07. The van der Waals surface area contributed by atoms with Gasteiger partial charge in [0.05, 0.1) is 6.33 Å². The van der Waals surface area contributed by atoms with Crippen molar-refractivity contribution in [2.45, 2.75) is 104 Å². The van der Waals surface area contributed by atoms with E-state index in [9.17, 15) is 14.4 Å². The molecular formula is C24H39N3O6. The zero-order chi connectivity index (χ0) is 25.0. The van der Waals surface area contributed by atoms with E-state index in [-0.39, 0.29) is 18.4 Å². The van der Waals surface area contributed by atoms with E-state index < -0.39 is 29.0 Å². The van der Waals surface area contributed by atoms with Crippen LogP contribution in [-0.4, -0.2) is 50.4 Å². The lowest BCUT2D eigenvalue weighted by Gasteiger charge is -2.28. The zero-order valence-electron chi connectivity index (χ0n) is 21.3. The Morgan fingerprint density at radius 3 is 2.18 bits per heavy atom. The minimum atomic E-state index is -0.743. The average Bonchev–Trinajstić information content (AvgIpc) is 3.08. The van der Waals surface area contributed by atoms with Crippen LogP contribution in [0.5, 0.6) is 0 Å². The first-order valence-electron chi connectivity index (χ1n) is 11.6. The molecule has 9 nitrogen and oxygen atoms in total. The van der Waals surface area contributed by atoms with Crippen molar-refractivity contribution in [3.05, 3.63) is 18.2 Å². The molecule has 9 heteroatoms. The fourth-order valence-electron chi connectivity index (χ4n) is 3.74. The first kappa shape index (κ1) is 26.7. The molecular weight excluding hydrogens is 426 g/mol. The van der Waals surface area contributed by atoms with Crippen LogP contribution in [0.3, 0.4) is 0 Å². The van der Waals surface area contributed by atoms with E-state index in [4.69, 9.17) is 14.2 Å². The molecule has 0 bridgehead atoms. The molecule has 0 radical (unpaired) electrons. The van der Waals surface area contributed by atoms with Gasteiger partial charge in [-0.15, -0.1) is 0 Å². The van der Waals surface area contributed by atoms with Crippen molar-refractivity contribution in [2.24, 2.45) is 5.92 Å². The van der Waals surface area contributed by atoms with E-state index in [1.54, 1.807) is 47.9 Å². The molecule has 0 N–H and O–H groups in total. The number of carbonyl (C=O) groups is 3. The lowest BCUT2D eigenvalue weighted by Crippen LogP contribution is -2.44. The molecule has 0 aliphatic heterocycles. The van der Waals surface area contributed by atoms with Crippen molar-refractivity contribution in [3.8, 4) is 0 Å². The highest BCUT2D eigenvalue weighted by molar-refractivity contribution is 5.88. The smallest absolute Gasteiger partial charge is 0.419 e. The monoisotopic (exact) mass is 465 g/mol. The molecule has 1 heterocycles. The predicted molar refractivity (Wildman–Crippen MR) is 122 cm³/mol. The first-order valence-corrected chi connectivity index (χ1v) is 11.6. The molecule has 2 rings (SSSR count). The molecule has 1 aliphatic carbocycles. The van der Waals surface area contributed by atoms with Crippen LogP contribution in [0.2, 0.25) is 0 Å². The van der Waals surface area contributed by atoms with E-state index in [2.05, 4.69) is 11.9 Å². The fourth-order valence-corrected chi connectivity index (χ4v) is 3.74. The van der Waals surface area contributed by atoms with Gasteiger partial charge in [0.25, 0.3) is 0 Å². The third-order valence-electron chi connectivity index (χ3n) is 5.09. The van der Waals surface area contributed by atoms with E-state index in [0.29, 0.717) is 19.3 Å². The molecule has 186 valence electrons. The summed E-state index contributed by atoms with van der Waals surface area (Å²) in [5.74, 6) is -0.294. The number of esters is 1. The van der Waals surface area contributed by atoms with Gasteiger partial charge in [-0.05, 0) is 60.8 Å². The van der Waals surface area contributed by atoms with Gasteiger partial charge in [-0.25, -0.2) is 19.5 Å². The topological polar surface area (TPSA) is 100.0 Å². The number of rotatable bonds is 8. The predicted octanol–water partition coefficient (Wildman–Crippen LogP) is 5.02. The quantitative estimate of drug-likeness (QED) is 0.392. The second-order valence-electron chi connectivity index (χ2n) is 10.6. The molecule has 2 amide bonds. The van der Waals surface area contributed by atoms with Gasteiger partial charge in [0, 0.05) is 38.5 Å². The highest BCUT2D eigenvalue weighted by atomic mass is 16.6. The number of aryl methyl sites for hydroxylation is 1. The Labute approximate surface area is 196 Å². The largest absolute Gasteiger partial charge is 0.452 e. The van der Waals surface area contributed by atoms with Crippen LogP contribution < -0.4 is 0 Å². The number of amides is 2. The standard InChI is InChI=1S/C24H39N3O6/c1-9-12-26-15-19(25-16-26)24(31-17(2)28)14-18(24)11-10-13-27(20(29)32-22(3,4)5)21(30)33-23(6,7)8/h15-16,18H,9-14H2,1-8H3. The molecule has 2 unspecified atom stereocenters. The molecule has 0 saturated heterocycles. The number of aromatic nitrogens is 2. The molecule has 1 aliphatic rings. The highest BCUT2D eigenvalue weighted by Gasteiger charge is 2.60. The third kappa shape index (κ3) is 7.75. The number of ether oxygens (including phenoxy) is 3. The third-order valence-corrected chi connectivity index (χ3v) is 5.09. The van der Waals surface area contributed by atoms with Crippen molar-refractivity contribution < 1.29 is 28.6 Å². The lowest BCUT2D eigenvalue weighted by atomic mass is 10.1. The van der Waals surface area contributed by atoms with E-state index in [0.717, 1.165) is 23.6 Å². The Bertz CT molecular complexity index is 823. The Morgan fingerprint density at radius 2 is 1.70 bits per heavy atom. The summed E-state index contributed by atoms with van der Waals surface area (Å²) in [7, 11) is 0. The van der Waals surface area contributed by atoms with Gasteiger partial charge in [0.2, 0.25) is 0 Å².